The van der Waals surface area contributed by atoms with Crippen molar-refractivity contribution in [1.82, 2.24) is 0 Å². The van der Waals surface area contributed by atoms with Gasteiger partial charge in [0.25, 0.3) is 0 Å². The van der Waals surface area contributed by atoms with Gasteiger partial charge < -0.3 is 35.0 Å². The number of aliphatic hydroxyl groups is 2. The Morgan fingerprint density at radius 1 is 1.14 bits per heavy atom. The van der Waals surface area contributed by atoms with Crippen molar-refractivity contribution in [2.24, 2.45) is 0 Å². The van der Waals surface area contributed by atoms with Crippen LogP contribution in [0.2, 0.25) is 0 Å². The molecule has 1 aliphatic heterocycles. The molecule has 0 fully saturated rings. The van der Waals surface area contributed by atoms with E-state index in [-0.39, 0.29) is 29.0 Å². The third-order valence-corrected chi connectivity index (χ3v) is 5.00. The molecule has 8 heteroatoms. The molecule has 3 rings (SSSR count). The van der Waals surface area contributed by atoms with Crippen LogP contribution >= 0.6 is 0 Å². The molecule has 8 nitrogen and oxygen atoms in total. The molecule has 5 N–H and O–H groups in total. The Labute approximate surface area is 167 Å². The molecule has 0 radical (unpaired) electrons. The molecular weight excluding hydrogens is 380 g/mol. The highest BCUT2D eigenvalue weighted by Gasteiger charge is 2.41. The van der Waals surface area contributed by atoms with Gasteiger partial charge in [0.2, 0.25) is 0 Å². The van der Waals surface area contributed by atoms with E-state index in [1.807, 2.05) is 0 Å². The molecule has 0 saturated heterocycles. The summed E-state index contributed by atoms with van der Waals surface area (Å²) in [6, 6.07) is 7.09. The van der Waals surface area contributed by atoms with Crippen LogP contribution in [0.3, 0.4) is 0 Å². The molecule has 0 aromatic heterocycles. The van der Waals surface area contributed by atoms with Gasteiger partial charge in [-0.25, -0.2) is 0 Å². The topological polar surface area (TPSA) is 137 Å². The minimum absolute atomic E-state index is 0.0493. The number of phenols is 3. The number of carbonyl (C=O) groups is 1. The largest absolute Gasteiger partial charge is 0.508 e. The summed E-state index contributed by atoms with van der Waals surface area (Å²) in [7, 11) is 1.28. The maximum Gasteiger partial charge on any atom is 0.174 e. The molecule has 3 atom stereocenters. The molecule has 1 aliphatic rings. The normalized spacial score (nSPS) is 18.7. The van der Waals surface area contributed by atoms with E-state index < -0.39 is 41.2 Å². The Hall–Kier alpha value is -2.81. The number of ketones is 1. The number of methoxy groups -OCH3 is 1. The minimum Gasteiger partial charge on any atom is -0.508 e. The monoisotopic (exact) mass is 404 g/mol. The van der Waals surface area contributed by atoms with Crippen molar-refractivity contribution in [3.63, 3.8) is 0 Å². The van der Waals surface area contributed by atoms with Gasteiger partial charge in [0.15, 0.2) is 5.78 Å². The van der Waals surface area contributed by atoms with Gasteiger partial charge in [-0.3, -0.25) is 4.79 Å². The number of fused-ring (bicyclic) bond motifs is 1. The molecule has 0 spiro atoms. The minimum atomic E-state index is -1.59. The molecular formula is C21H24O8. The zero-order valence-corrected chi connectivity index (χ0v) is 16.3. The van der Waals surface area contributed by atoms with E-state index in [9.17, 15) is 30.3 Å². The smallest absolute Gasteiger partial charge is 0.174 e. The lowest BCUT2D eigenvalue weighted by Gasteiger charge is -2.34. The number of aromatic hydroxyl groups is 3. The van der Waals surface area contributed by atoms with Crippen LogP contribution in [0, 0.1) is 0 Å². The van der Waals surface area contributed by atoms with Crippen LogP contribution in [-0.2, 0) is 4.74 Å². The summed E-state index contributed by atoms with van der Waals surface area (Å²) in [6.07, 6.45) is -3.52. The predicted octanol–water partition coefficient (Wildman–Crippen LogP) is 2.33. The van der Waals surface area contributed by atoms with Crippen molar-refractivity contribution < 1.29 is 39.8 Å². The molecule has 156 valence electrons. The number of ether oxygens (including phenoxy) is 2. The molecule has 0 saturated carbocycles. The number of benzene rings is 2. The fraction of sp³-hybridized carbons (Fsp3) is 0.381. The SMILES string of the molecule is COC(c1c(O)cc(O)c2c1OC(c1ccc(O)cc1)CC2=O)C(O)C(C)(C)O. The quantitative estimate of drug-likeness (QED) is 0.512. The van der Waals surface area contributed by atoms with Gasteiger partial charge in [-0.15, -0.1) is 0 Å². The summed E-state index contributed by atoms with van der Waals surface area (Å²) in [6.45, 7) is 2.75. The van der Waals surface area contributed by atoms with Crippen molar-refractivity contribution in [1.29, 1.82) is 0 Å². The van der Waals surface area contributed by atoms with Gasteiger partial charge in [-0.05, 0) is 31.5 Å². The van der Waals surface area contributed by atoms with Gasteiger partial charge in [0.1, 0.15) is 46.9 Å². The van der Waals surface area contributed by atoms with Crippen molar-refractivity contribution >= 4 is 5.78 Å². The van der Waals surface area contributed by atoms with Crippen LogP contribution in [0.15, 0.2) is 30.3 Å². The third-order valence-electron chi connectivity index (χ3n) is 5.00. The lowest BCUT2D eigenvalue weighted by atomic mass is 9.87. The van der Waals surface area contributed by atoms with Crippen molar-refractivity contribution in [2.45, 2.75) is 44.2 Å². The zero-order chi connectivity index (χ0) is 21.5. The molecule has 1 heterocycles. The van der Waals surface area contributed by atoms with Crippen molar-refractivity contribution in [3.05, 3.63) is 47.0 Å². The van der Waals surface area contributed by atoms with Crippen LogP contribution in [-0.4, -0.2) is 50.1 Å². The van der Waals surface area contributed by atoms with E-state index in [1.165, 1.54) is 33.1 Å². The van der Waals surface area contributed by atoms with Gasteiger partial charge >= 0.3 is 0 Å². The first-order chi connectivity index (χ1) is 13.5. The Morgan fingerprint density at radius 3 is 2.31 bits per heavy atom. The van der Waals surface area contributed by atoms with Gasteiger partial charge in [0, 0.05) is 13.2 Å². The maximum atomic E-state index is 12.8. The first-order valence-electron chi connectivity index (χ1n) is 9.05. The number of hydrogen-bond acceptors (Lipinski definition) is 8. The second kappa shape index (κ2) is 7.55. The Bertz CT molecular complexity index is 914. The Morgan fingerprint density at radius 2 is 1.76 bits per heavy atom. The first-order valence-corrected chi connectivity index (χ1v) is 9.05. The zero-order valence-electron chi connectivity index (χ0n) is 16.3. The predicted molar refractivity (Wildman–Crippen MR) is 102 cm³/mol. The van der Waals surface area contributed by atoms with Crippen LogP contribution in [0.1, 0.15) is 54.0 Å². The number of rotatable bonds is 5. The highest BCUT2D eigenvalue weighted by molar-refractivity contribution is 6.03. The highest BCUT2D eigenvalue weighted by Crippen LogP contribution is 2.49. The van der Waals surface area contributed by atoms with E-state index in [0.29, 0.717) is 5.56 Å². The maximum absolute atomic E-state index is 12.8. The molecule has 2 aromatic carbocycles. The van der Waals surface area contributed by atoms with Crippen LogP contribution in [0.25, 0.3) is 0 Å². The number of aliphatic hydroxyl groups excluding tert-OH is 1. The van der Waals surface area contributed by atoms with Gasteiger partial charge in [-0.2, -0.15) is 0 Å². The summed E-state index contributed by atoms with van der Waals surface area (Å²) in [5.41, 5.74) is -1.16. The van der Waals surface area contributed by atoms with Gasteiger partial charge in [0.05, 0.1) is 17.6 Å². The summed E-state index contributed by atoms with van der Waals surface area (Å²) >= 11 is 0. The van der Waals surface area contributed by atoms with Gasteiger partial charge in [-0.1, -0.05) is 12.1 Å². The van der Waals surface area contributed by atoms with Crippen molar-refractivity contribution in [2.75, 3.05) is 7.11 Å². The molecule has 29 heavy (non-hydrogen) atoms. The molecule has 0 bridgehead atoms. The molecule has 0 aliphatic carbocycles. The number of phenolic OH excluding ortho intramolecular Hbond substituents is 3. The average molecular weight is 404 g/mol. The fourth-order valence-corrected chi connectivity index (χ4v) is 3.42. The van der Waals surface area contributed by atoms with Crippen molar-refractivity contribution in [3.8, 4) is 23.0 Å². The average Bonchev–Trinajstić information content (AvgIpc) is 2.63. The van der Waals surface area contributed by atoms with E-state index in [4.69, 9.17) is 9.47 Å². The fourth-order valence-electron chi connectivity index (χ4n) is 3.42. The third kappa shape index (κ3) is 3.87. The van der Waals surface area contributed by atoms with E-state index in [1.54, 1.807) is 12.1 Å². The van der Waals surface area contributed by atoms with Crippen LogP contribution < -0.4 is 4.74 Å². The lowest BCUT2D eigenvalue weighted by Crippen LogP contribution is -2.41. The standard InChI is InChI=1S/C21H24O8/c1-21(2,27)20(26)19(28-3)17-13(24)8-12(23)16-14(25)9-15(29-18(16)17)10-4-6-11(22)7-5-10/h4-8,15,19-20,22-24,26-27H,9H2,1-3H3. The van der Waals surface area contributed by atoms with E-state index >= 15 is 0 Å². The Balaban J connectivity index is 2.14. The summed E-state index contributed by atoms with van der Waals surface area (Å²) in [5, 5.41) is 51.0. The second-order valence-corrected chi connectivity index (χ2v) is 7.61. The summed E-state index contributed by atoms with van der Waals surface area (Å²) in [5.74, 6) is -1.39. The lowest BCUT2D eigenvalue weighted by molar-refractivity contribution is -0.120. The van der Waals surface area contributed by atoms with Crippen LogP contribution in [0.4, 0.5) is 0 Å². The number of Topliss-reactive ketones (excluding diaryl/α,β-unsaturated/α-hetero) is 1. The summed E-state index contributed by atoms with van der Waals surface area (Å²) < 4.78 is 11.3. The highest BCUT2D eigenvalue weighted by atomic mass is 16.5. The first kappa shape index (κ1) is 20.9. The van der Waals surface area contributed by atoms with Crippen LogP contribution in [0.5, 0.6) is 23.0 Å². The number of hydrogen-bond donors (Lipinski definition) is 5. The molecule has 0 amide bonds. The second-order valence-electron chi connectivity index (χ2n) is 7.61. The van der Waals surface area contributed by atoms with E-state index in [2.05, 4.69) is 0 Å². The molecule has 3 unspecified atom stereocenters. The molecule has 2 aromatic rings. The Kier molecular flexibility index (Phi) is 5.44. The van der Waals surface area contributed by atoms with E-state index in [0.717, 1.165) is 6.07 Å². The number of carbonyl (C=O) groups excluding carboxylic acids is 1. The summed E-state index contributed by atoms with van der Waals surface area (Å²) in [4.78, 5) is 12.8.